The maximum absolute atomic E-state index is 14.3. The Morgan fingerprint density at radius 1 is 1.21 bits per heavy atom. The molecular formula is C20H22ClFN4O5S2. The third kappa shape index (κ3) is 3.46. The van der Waals surface area contributed by atoms with Crippen molar-refractivity contribution < 1.29 is 26.0 Å². The van der Waals surface area contributed by atoms with Gasteiger partial charge in [-0.2, -0.15) is 12.5 Å². The predicted octanol–water partition coefficient (Wildman–Crippen LogP) is 2.82. The Hall–Kier alpha value is -2.15. The van der Waals surface area contributed by atoms with Gasteiger partial charge in [0.2, 0.25) is 10.0 Å². The van der Waals surface area contributed by atoms with Gasteiger partial charge < -0.3 is 9.64 Å². The molecule has 33 heavy (non-hydrogen) atoms. The van der Waals surface area contributed by atoms with E-state index in [2.05, 4.69) is 5.10 Å². The van der Waals surface area contributed by atoms with E-state index in [1.165, 1.54) is 26.1 Å². The summed E-state index contributed by atoms with van der Waals surface area (Å²) < 4.78 is 73.5. The summed E-state index contributed by atoms with van der Waals surface area (Å²) in [7, 11) is -8.12. The second-order valence-electron chi connectivity index (χ2n) is 8.65. The van der Waals surface area contributed by atoms with Crippen LogP contribution < -0.4 is 4.90 Å². The summed E-state index contributed by atoms with van der Waals surface area (Å²) in [6.45, 7) is 4.42. The van der Waals surface area contributed by atoms with Crippen LogP contribution in [0.4, 0.5) is 10.2 Å². The minimum atomic E-state index is -4.36. The van der Waals surface area contributed by atoms with Crippen LogP contribution in [-0.4, -0.2) is 60.5 Å². The lowest BCUT2D eigenvalue weighted by Gasteiger charge is -2.36. The molecular weight excluding hydrogens is 495 g/mol. The first-order valence-corrected chi connectivity index (χ1v) is 13.7. The van der Waals surface area contributed by atoms with E-state index in [-0.39, 0.29) is 21.0 Å². The van der Waals surface area contributed by atoms with Crippen LogP contribution in [0.5, 0.6) is 0 Å². The van der Waals surface area contributed by atoms with Crippen LogP contribution in [0.1, 0.15) is 26.7 Å². The lowest BCUT2D eigenvalue weighted by atomic mass is 10.1. The summed E-state index contributed by atoms with van der Waals surface area (Å²) in [4.78, 5) is 1.70. The molecule has 3 aromatic rings. The highest BCUT2D eigenvalue weighted by Gasteiger charge is 2.51. The van der Waals surface area contributed by atoms with Gasteiger partial charge in [-0.25, -0.2) is 12.8 Å². The first-order valence-electron chi connectivity index (χ1n) is 10.4. The number of rotatable bonds is 5. The molecule has 0 atom stereocenters. The summed E-state index contributed by atoms with van der Waals surface area (Å²) in [5.74, 6) is -0.368. The van der Waals surface area contributed by atoms with Crippen molar-refractivity contribution in [2.45, 2.75) is 42.4 Å². The molecule has 3 heterocycles. The molecule has 2 aromatic heterocycles. The predicted molar refractivity (Wildman–Crippen MR) is 121 cm³/mol. The van der Waals surface area contributed by atoms with Crippen LogP contribution >= 0.6 is 11.6 Å². The average Bonchev–Trinajstić information content (AvgIpc) is 3.16. The third-order valence-electron chi connectivity index (χ3n) is 6.19. The molecule has 13 heteroatoms. The Morgan fingerprint density at radius 3 is 2.61 bits per heavy atom. The van der Waals surface area contributed by atoms with E-state index in [9.17, 15) is 21.2 Å². The van der Waals surface area contributed by atoms with Crippen molar-refractivity contribution in [1.29, 1.82) is 0 Å². The van der Waals surface area contributed by atoms with Crippen LogP contribution in [0.2, 0.25) is 5.02 Å². The Bertz CT molecular complexity index is 1480. The molecule has 5 rings (SSSR count). The zero-order valence-electron chi connectivity index (χ0n) is 17.9. The standard InChI is InChI=1S/C20H22ClFN4O5S2/c1-13(2)32(27,28)24-6-3-15(11-24)33(29,30)26-17-10-14(22)9-16(21)18(17)19(23-26)25-7-8-31-12-20(25)4-5-20/h3,6,9-11,13H,4-5,7-8,12H2,1-2H3. The quantitative estimate of drug-likeness (QED) is 0.513. The lowest BCUT2D eigenvalue weighted by molar-refractivity contribution is 0.0861. The first kappa shape index (κ1) is 22.6. The topological polar surface area (TPSA) is 104 Å². The SMILES string of the molecule is CC(C)S(=O)(=O)n1ccc(S(=O)(=O)n2nc(N3CCOCC34CC4)c3c(Cl)cc(F)cc32)c1. The maximum Gasteiger partial charge on any atom is 0.285 e. The summed E-state index contributed by atoms with van der Waals surface area (Å²) in [5, 5.41) is 4.01. The highest BCUT2D eigenvalue weighted by atomic mass is 35.5. The summed E-state index contributed by atoms with van der Waals surface area (Å²) in [6, 6.07) is 3.37. The average molecular weight is 517 g/mol. The van der Waals surface area contributed by atoms with Crippen LogP contribution in [-0.2, 0) is 24.8 Å². The molecule has 0 unspecified atom stereocenters. The van der Waals surface area contributed by atoms with Crippen LogP contribution in [0.15, 0.2) is 35.5 Å². The molecule has 178 valence electrons. The highest BCUT2D eigenvalue weighted by Crippen LogP contribution is 2.48. The van der Waals surface area contributed by atoms with Gasteiger partial charge in [0.05, 0.1) is 39.9 Å². The van der Waals surface area contributed by atoms with E-state index >= 15 is 0 Å². The number of aromatic nitrogens is 3. The molecule has 0 radical (unpaired) electrons. The highest BCUT2D eigenvalue weighted by molar-refractivity contribution is 7.91. The molecule has 1 aliphatic carbocycles. The molecule has 9 nitrogen and oxygen atoms in total. The van der Waals surface area contributed by atoms with Crippen LogP contribution in [0.3, 0.4) is 0 Å². The van der Waals surface area contributed by atoms with Crippen LogP contribution in [0.25, 0.3) is 10.9 Å². The van der Waals surface area contributed by atoms with Gasteiger partial charge in [-0.1, -0.05) is 11.6 Å². The maximum atomic E-state index is 14.3. The molecule has 0 bridgehead atoms. The molecule has 1 saturated heterocycles. The van der Waals surface area contributed by atoms with E-state index in [0.717, 1.165) is 39.2 Å². The van der Waals surface area contributed by atoms with E-state index in [1.54, 1.807) is 0 Å². The van der Waals surface area contributed by atoms with Crippen molar-refractivity contribution in [3.05, 3.63) is 41.4 Å². The fourth-order valence-corrected chi connectivity index (χ4v) is 6.73. The number of halogens is 2. The smallest absolute Gasteiger partial charge is 0.285 e. The summed E-state index contributed by atoms with van der Waals surface area (Å²) >= 11 is 6.38. The number of hydrogen-bond donors (Lipinski definition) is 0. The molecule has 1 aromatic carbocycles. The number of fused-ring (bicyclic) bond motifs is 1. The molecule has 2 fully saturated rings. The first-order chi connectivity index (χ1) is 15.5. The molecule has 1 spiro atoms. The Balaban J connectivity index is 1.70. The van der Waals surface area contributed by atoms with Crippen molar-refractivity contribution in [3.8, 4) is 0 Å². The van der Waals surface area contributed by atoms with Gasteiger partial charge in [0.1, 0.15) is 10.7 Å². The number of anilines is 1. The van der Waals surface area contributed by atoms with Crippen molar-refractivity contribution >= 4 is 48.4 Å². The number of hydrogen-bond acceptors (Lipinski definition) is 7. The van der Waals surface area contributed by atoms with Crippen molar-refractivity contribution in [2.75, 3.05) is 24.7 Å². The number of morpholine rings is 1. The molecule has 2 aliphatic rings. The van der Waals surface area contributed by atoms with Gasteiger partial charge in [-0.15, -0.1) is 5.10 Å². The van der Waals surface area contributed by atoms with Crippen molar-refractivity contribution in [1.82, 2.24) is 13.2 Å². The number of ether oxygens (including phenoxy) is 1. The van der Waals surface area contributed by atoms with Gasteiger partial charge in [0.25, 0.3) is 10.0 Å². The van der Waals surface area contributed by atoms with Crippen molar-refractivity contribution in [2.24, 2.45) is 0 Å². The van der Waals surface area contributed by atoms with Crippen LogP contribution in [0, 0.1) is 5.82 Å². The fourth-order valence-electron chi connectivity index (χ4n) is 4.13. The monoisotopic (exact) mass is 516 g/mol. The third-order valence-corrected chi connectivity index (χ3v) is 10.1. The second kappa shape index (κ2) is 7.42. The van der Waals surface area contributed by atoms with Crippen molar-refractivity contribution in [3.63, 3.8) is 0 Å². The largest absolute Gasteiger partial charge is 0.377 e. The second-order valence-corrected chi connectivity index (χ2v) is 13.2. The van der Waals surface area contributed by atoms with Gasteiger partial charge in [0.15, 0.2) is 5.82 Å². The molecule has 1 saturated carbocycles. The molecule has 0 amide bonds. The zero-order valence-corrected chi connectivity index (χ0v) is 20.3. The van der Waals surface area contributed by atoms with Gasteiger partial charge in [-0.05, 0) is 38.8 Å². The number of nitrogens with zero attached hydrogens (tertiary/aromatic N) is 4. The Labute approximate surface area is 195 Å². The van der Waals surface area contributed by atoms with Gasteiger partial charge in [-0.3, -0.25) is 3.97 Å². The zero-order chi connectivity index (χ0) is 23.8. The lowest BCUT2D eigenvalue weighted by Crippen LogP contribution is -2.48. The Kier molecular flexibility index (Phi) is 5.09. The van der Waals surface area contributed by atoms with Gasteiger partial charge >= 0.3 is 0 Å². The minimum Gasteiger partial charge on any atom is -0.377 e. The fraction of sp³-hybridized carbons (Fsp3) is 0.450. The van der Waals surface area contributed by atoms with E-state index in [4.69, 9.17) is 16.3 Å². The summed E-state index contributed by atoms with van der Waals surface area (Å²) in [6.07, 6.45) is 3.92. The normalized spacial score (nSPS) is 18.5. The Morgan fingerprint density at radius 2 is 1.94 bits per heavy atom. The van der Waals surface area contributed by atoms with Gasteiger partial charge in [0, 0.05) is 25.0 Å². The molecule has 0 N–H and O–H groups in total. The van der Waals surface area contributed by atoms with E-state index in [0.29, 0.717) is 31.0 Å². The molecule has 1 aliphatic heterocycles. The van der Waals surface area contributed by atoms with E-state index < -0.39 is 31.1 Å². The van der Waals surface area contributed by atoms with E-state index in [1.807, 2.05) is 4.90 Å². The minimum absolute atomic E-state index is 0.0169. The summed E-state index contributed by atoms with van der Waals surface area (Å²) in [5.41, 5.74) is -0.294. The number of benzene rings is 1.